The van der Waals surface area contributed by atoms with Crippen LogP contribution >= 0.6 is 0 Å². The number of pyridine rings is 1. The van der Waals surface area contributed by atoms with Gasteiger partial charge in [-0.15, -0.1) is 4.91 Å². The number of hydrogen-bond donors (Lipinski definition) is 1. The number of nitrogens with two attached hydrogens (primary N) is 1. The van der Waals surface area contributed by atoms with Crippen LogP contribution in [0.4, 0.5) is 5.69 Å². The molecule has 11 heavy (non-hydrogen) atoms. The van der Waals surface area contributed by atoms with Gasteiger partial charge in [0, 0.05) is 11.4 Å². The Morgan fingerprint density at radius 1 is 1.64 bits per heavy atom. The molecule has 0 aliphatic carbocycles. The molecule has 0 radical (unpaired) electrons. The predicted molar refractivity (Wildman–Crippen MR) is 38.8 cm³/mol. The molecule has 0 saturated carbocycles. The van der Waals surface area contributed by atoms with E-state index < -0.39 is 5.91 Å². The summed E-state index contributed by atoms with van der Waals surface area (Å²) in [5.41, 5.74) is 5.38. The third kappa shape index (κ3) is 1.37. The van der Waals surface area contributed by atoms with E-state index >= 15 is 0 Å². The average Bonchev–Trinajstić information content (AvgIpc) is 2.04. The fraction of sp³-hybridized carbons (Fsp3) is 0. The van der Waals surface area contributed by atoms with Crippen molar-refractivity contribution < 1.29 is 4.79 Å². The molecule has 5 heteroatoms. The molecule has 1 rings (SSSR count). The van der Waals surface area contributed by atoms with Gasteiger partial charge in [-0.25, -0.2) is 4.98 Å². The third-order valence-corrected chi connectivity index (χ3v) is 1.12. The van der Waals surface area contributed by atoms with Crippen molar-refractivity contribution in [3.05, 3.63) is 28.9 Å². The molecule has 0 spiro atoms. The van der Waals surface area contributed by atoms with Gasteiger partial charge >= 0.3 is 5.91 Å². The van der Waals surface area contributed by atoms with E-state index in [0.29, 0.717) is 0 Å². The maximum Gasteiger partial charge on any atom is 0.337 e. The fourth-order valence-electron chi connectivity index (χ4n) is 0.640. The van der Waals surface area contributed by atoms with Crippen molar-refractivity contribution in [3.8, 4) is 0 Å². The normalized spacial score (nSPS) is 9.09. The van der Waals surface area contributed by atoms with Crippen molar-refractivity contribution in [2.24, 2.45) is 5.18 Å². The van der Waals surface area contributed by atoms with Crippen LogP contribution in [0.3, 0.4) is 0 Å². The number of rotatable bonds is 1. The zero-order valence-corrected chi connectivity index (χ0v) is 5.52. The lowest BCUT2D eigenvalue weighted by Gasteiger charge is -1.94. The van der Waals surface area contributed by atoms with Crippen molar-refractivity contribution in [3.63, 3.8) is 0 Å². The van der Waals surface area contributed by atoms with Crippen molar-refractivity contribution in [1.29, 1.82) is 0 Å². The van der Waals surface area contributed by atoms with Crippen LogP contribution < -0.4 is 5.73 Å². The summed E-state index contributed by atoms with van der Waals surface area (Å²) >= 11 is 0. The third-order valence-electron chi connectivity index (χ3n) is 1.12. The van der Waals surface area contributed by atoms with E-state index in [1.165, 1.54) is 12.3 Å². The number of anilines is 1. The summed E-state index contributed by atoms with van der Waals surface area (Å²) in [4.78, 5) is 24.0. The first-order chi connectivity index (χ1) is 5.25. The fourth-order valence-corrected chi connectivity index (χ4v) is 0.640. The monoisotopic (exact) mass is 151 g/mol. The Morgan fingerprint density at radius 3 is 2.91 bits per heavy atom. The van der Waals surface area contributed by atoms with Gasteiger partial charge in [0.05, 0.1) is 5.69 Å². The van der Waals surface area contributed by atoms with Crippen LogP contribution in [-0.4, -0.2) is 10.9 Å². The topological polar surface area (TPSA) is 85.4 Å². The van der Waals surface area contributed by atoms with Crippen molar-refractivity contribution in [1.82, 2.24) is 4.98 Å². The first-order valence-corrected chi connectivity index (χ1v) is 2.84. The summed E-state index contributed by atoms with van der Waals surface area (Å²) in [6.45, 7) is 0. The molecular weight excluding hydrogens is 146 g/mol. The minimum absolute atomic E-state index is 0.0949. The number of nitroso groups, excluding NO2 is 1. The quantitative estimate of drug-likeness (QED) is 0.594. The van der Waals surface area contributed by atoms with Crippen molar-refractivity contribution in [2.45, 2.75) is 0 Å². The van der Waals surface area contributed by atoms with E-state index in [9.17, 15) is 9.70 Å². The highest BCUT2D eigenvalue weighted by Crippen LogP contribution is 2.07. The molecule has 1 amide bonds. The van der Waals surface area contributed by atoms with Crippen LogP contribution in [0.15, 0.2) is 23.5 Å². The van der Waals surface area contributed by atoms with Gasteiger partial charge in [0.1, 0.15) is 0 Å². The first-order valence-electron chi connectivity index (χ1n) is 2.84. The molecule has 2 N–H and O–H groups in total. The Kier molecular flexibility index (Phi) is 1.91. The molecule has 1 aromatic heterocycles. The van der Waals surface area contributed by atoms with Crippen molar-refractivity contribution in [2.75, 3.05) is 5.73 Å². The summed E-state index contributed by atoms with van der Waals surface area (Å²) in [6.07, 6.45) is 1.37. The van der Waals surface area contributed by atoms with Gasteiger partial charge in [-0.05, 0) is 12.1 Å². The van der Waals surface area contributed by atoms with Crippen LogP contribution in [0.1, 0.15) is 10.5 Å². The first kappa shape index (κ1) is 7.33. The molecule has 56 valence electrons. The summed E-state index contributed by atoms with van der Waals surface area (Å²) in [7, 11) is 0. The minimum Gasteiger partial charge on any atom is -0.397 e. The van der Waals surface area contributed by atoms with Gasteiger partial charge in [-0.2, -0.15) is 0 Å². The molecule has 0 fully saturated rings. The zero-order chi connectivity index (χ0) is 8.27. The zero-order valence-electron chi connectivity index (χ0n) is 5.52. The molecule has 0 aromatic carbocycles. The molecule has 0 saturated heterocycles. The number of aromatic nitrogens is 1. The smallest absolute Gasteiger partial charge is 0.337 e. The Hall–Kier alpha value is -1.78. The molecule has 0 aliphatic heterocycles. The van der Waals surface area contributed by atoms with Gasteiger partial charge in [0.2, 0.25) is 0 Å². The molecule has 0 aliphatic rings. The van der Waals surface area contributed by atoms with Crippen LogP contribution in [0, 0.1) is 4.91 Å². The average molecular weight is 151 g/mol. The van der Waals surface area contributed by atoms with Crippen LogP contribution in [0.2, 0.25) is 0 Å². The lowest BCUT2D eigenvalue weighted by Crippen LogP contribution is -2.02. The van der Waals surface area contributed by atoms with E-state index in [1.807, 2.05) is 0 Å². The van der Waals surface area contributed by atoms with Crippen LogP contribution in [0.5, 0.6) is 0 Å². The van der Waals surface area contributed by atoms with Crippen LogP contribution in [0.25, 0.3) is 0 Å². The largest absolute Gasteiger partial charge is 0.397 e. The van der Waals surface area contributed by atoms with Gasteiger partial charge < -0.3 is 5.73 Å². The molecule has 5 nitrogen and oxygen atoms in total. The number of amides is 1. The summed E-state index contributed by atoms with van der Waals surface area (Å²) in [5, 5.41) is 2.19. The summed E-state index contributed by atoms with van der Waals surface area (Å²) in [6, 6.07) is 3.04. The number of nitrogen functional groups attached to an aromatic ring is 1. The van der Waals surface area contributed by atoms with Gasteiger partial charge in [-0.3, -0.25) is 4.79 Å². The number of nitrogens with zero attached hydrogens (tertiary/aromatic N) is 2. The highest BCUT2D eigenvalue weighted by Gasteiger charge is 2.09. The summed E-state index contributed by atoms with van der Waals surface area (Å²) < 4.78 is 0. The maximum atomic E-state index is 10.6. The highest BCUT2D eigenvalue weighted by molar-refractivity contribution is 5.97. The van der Waals surface area contributed by atoms with E-state index in [0.717, 1.165) is 0 Å². The molecule has 1 aromatic rings. The Labute approximate surface area is 62.2 Å². The van der Waals surface area contributed by atoms with E-state index in [2.05, 4.69) is 10.2 Å². The Bertz CT molecular complexity index is 298. The molecule has 0 unspecified atom stereocenters. The molecule has 1 heterocycles. The van der Waals surface area contributed by atoms with E-state index in [1.54, 1.807) is 6.07 Å². The molecular formula is C6H5N3O2. The highest BCUT2D eigenvalue weighted by atomic mass is 16.3. The second kappa shape index (κ2) is 2.87. The standard InChI is InChI=1S/C6H5N3O2/c7-4-2-1-3-8-5(4)6(10)9-11/h1-3H,7H2. The second-order valence-corrected chi connectivity index (χ2v) is 1.84. The summed E-state index contributed by atoms with van der Waals surface area (Å²) in [5.74, 6) is -0.942. The minimum atomic E-state index is -0.942. The number of hydrogen-bond acceptors (Lipinski definition) is 4. The van der Waals surface area contributed by atoms with E-state index in [-0.39, 0.29) is 11.4 Å². The maximum absolute atomic E-state index is 10.6. The van der Waals surface area contributed by atoms with Crippen LogP contribution in [-0.2, 0) is 0 Å². The Morgan fingerprint density at radius 2 is 2.36 bits per heavy atom. The van der Waals surface area contributed by atoms with Gasteiger partial charge in [-0.1, -0.05) is 0 Å². The Balaban J connectivity index is 3.13. The number of carbonyl (C=O) groups excluding carboxylic acids is 1. The predicted octanol–water partition coefficient (Wildman–Crippen LogP) is 0.570. The van der Waals surface area contributed by atoms with E-state index in [4.69, 9.17) is 5.73 Å². The molecule has 0 bridgehead atoms. The van der Waals surface area contributed by atoms with Gasteiger partial charge in [0.25, 0.3) is 0 Å². The lowest BCUT2D eigenvalue weighted by molar-refractivity contribution is 0.0997. The number of carbonyl (C=O) groups is 1. The van der Waals surface area contributed by atoms with Gasteiger partial charge in [0.15, 0.2) is 5.69 Å². The second-order valence-electron chi connectivity index (χ2n) is 1.84. The SMILES string of the molecule is Nc1cccnc1C(=O)N=O. The van der Waals surface area contributed by atoms with Crippen molar-refractivity contribution >= 4 is 11.6 Å². The molecule has 0 atom stereocenters. The lowest BCUT2D eigenvalue weighted by atomic mass is 10.3.